The van der Waals surface area contributed by atoms with Gasteiger partial charge in [-0.1, -0.05) is 0 Å². The summed E-state index contributed by atoms with van der Waals surface area (Å²) in [6.45, 7) is 13.7. The summed E-state index contributed by atoms with van der Waals surface area (Å²) in [5.74, 6) is -0.412. The van der Waals surface area contributed by atoms with Crippen molar-refractivity contribution < 1.29 is 14.6 Å². The number of benzene rings is 1. The third-order valence-corrected chi connectivity index (χ3v) is 3.52. The molecule has 0 amide bonds. The summed E-state index contributed by atoms with van der Waals surface area (Å²) >= 11 is 0. The number of hydrogen-bond acceptors (Lipinski definition) is 3. The summed E-state index contributed by atoms with van der Waals surface area (Å²) in [6.07, 6.45) is -0.137. The van der Waals surface area contributed by atoms with E-state index in [2.05, 4.69) is 6.92 Å². The van der Waals surface area contributed by atoms with Gasteiger partial charge in [0, 0.05) is 0 Å². The highest BCUT2D eigenvalue weighted by atomic mass is 17.2. The predicted octanol–water partition coefficient (Wildman–Crippen LogP) is 3.73. The molecule has 1 rings (SSSR count). The van der Waals surface area contributed by atoms with E-state index < -0.39 is 5.97 Å². The highest BCUT2D eigenvalue weighted by molar-refractivity contribution is 5.93. The van der Waals surface area contributed by atoms with Crippen molar-refractivity contribution in [2.45, 2.75) is 54.6 Å². The summed E-state index contributed by atoms with van der Waals surface area (Å²) < 4.78 is 0. The lowest BCUT2D eigenvalue weighted by Gasteiger charge is -2.17. The fourth-order valence-electron chi connectivity index (χ4n) is 1.99. The molecule has 100 valence electrons. The van der Waals surface area contributed by atoms with Gasteiger partial charge in [-0.3, -0.25) is 4.89 Å². The van der Waals surface area contributed by atoms with Gasteiger partial charge in [-0.25, -0.2) is 4.79 Å². The molecule has 0 heterocycles. The monoisotopic (exact) mass is 250 g/mol. The number of carbonyl (C=O) groups excluding carboxylic acids is 1. The molecule has 3 heteroatoms. The SMILES string of the molecule is Cc1c(C)c(C)c(C(=O)OOC(C)C)c(C)c1C. The molecule has 0 aromatic heterocycles. The Morgan fingerprint density at radius 2 is 1.22 bits per heavy atom. The van der Waals surface area contributed by atoms with E-state index in [4.69, 9.17) is 9.78 Å². The Balaban J connectivity index is 3.21. The van der Waals surface area contributed by atoms with Crippen LogP contribution in [0.15, 0.2) is 0 Å². The maximum atomic E-state index is 12.1. The van der Waals surface area contributed by atoms with Crippen LogP contribution in [0.4, 0.5) is 0 Å². The number of rotatable bonds is 3. The molecule has 1 aromatic rings. The molecule has 0 saturated carbocycles. The minimum atomic E-state index is -0.412. The van der Waals surface area contributed by atoms with Gasteiger partial charge in [0.25, 0.3) is 0 Å². The molecule has 0 aliphatic heterocycles. The fraction of sp³-hybridized carbons (Fsp3) is 0.533. The fourth-order valence-corrected chi connectivity index (χ4v) is 1.99. The van der Waals surface area contributed by atoms with E-state index in [9.17, 15) is 4.79 Å². The van der Waals surface area contributed by atoms with Crippen molar-refractivity contribution in [1.82, 2.24) is 0 Å². The third kappa shape index (κ3) is 2.72. The van der Waals surface area contributed by atoms with Gasteiger partial charge in [0.05, 0.1) is 11.7 Å². The molecular weight excluding hydrogens is 228 g/mol. The topological polar surface area (TPSA) is 35.5 Å². The molecular formula is C15H22O3. The van der Waals surface area contributed by atoms with Gasteiger partial charge in [-0.2, -0.15) is 4.89 Å². The highest BCUT2D eigenvalue weighted by Crippen LogP contribution is 2.26. The Morgan fingerprint density at radius 3 is 1.61 bits per heavy atom. The van der Waals surface area contributed by atoms with E-state index in [-0.39, 0.29) is 6.10 Å². The second-order valence-corrected chi connectivity index (χ2v) is 5.02. The maximum absolute atomic E-state index is 12.1. The first kappa shape index (κ1) is 14.7. The molecule has 0 aliphatic rings. The molecule has 3 nitrogen and oxygen atoms in total. The van der Waals surface area contributed by atoms with E-state index in [0.717, 1.165) is 22.3 Å². The quantitative estimate of drug-likeness (QED) is 0.605. The third-order valence-electron chi connectivity index (χ3n) is 3.52. The van der Waals surface area contributed by atoms with Crippen molar-refractivity contribution in [3.63, 3.8) is 0 Å². The van der Waals surface area contributed by atoms with Gasteiger partial charge in [-0.05, 0) is 76.3 Å². The van der Waals surface area contributed by atoms with Crippen LogP contribution >= 0.6 is 0 Å². The van der Waals surface area contributed by atoms with Crippen LogP contribution in [0.1, 0.15) is 52.0 Å². The van der Waals surface area contributed by atoms with Gasteiger partial charge >= 0.3 is 5.97 Å². The van der Waals surface area contributed by atoms with E-state index in [0.29, 0.717) is 5.56 Å². The normalized spacial score (nSPS) is 10.9. The zero-order valence-corrected chi connectivity index (χ0v) is 12.3. The summed E-state index contributed by atoms with van der Waals surface area (Å²) in [7, 11) is 0. The zero-order valence-electron chi connectivity index (χ0n) is 12.3. The average molecular weight is 250 g/mol. The van der Waals surface area contributed by atoms with E-state index in [1.807, 2.05) is 41.5 Å². The lowest BCUT2D eigenvalue weighted by Crippen LogP contribution is -2.15. The van der Waals surface area contributed by atoms with Crippen LogP contribution in [0, 0.1) is 34.6 Å². The van der Waals surface area contributed by atoms with Crippen molar-refractivity contribution >= 4 is 5.97 Å². The smallest absolute Gasteiger partial charge is 0.293 e. The Morgan fingerprint density at radius 1 is 0.833 bits per heavy atom. The van der Waals surface area contributed by atoms with Gasteiger partial charge in [0.1, 0.15) is 0 Å². The minimum Gasteiger partial charge on any atom is -0.293 e. The zero-order chi connectivity index (χ0) is 14.0. The van der Waals surface area contributed by atoms with Crippen LogP contribution in [-0.4, -0.2) is 12.1 Å². The Bertz CT molecular complexity index is 444. The van der Waals surface area contributed by atoms with Crippen LogP contribution in [-0.2, 0) is 9.78 Å². The van der Waals surface area contributed by atoms with Crippen LogP contribution < -0.4 is 0 Å². The van der Waals surface area contributed by atoms with Gasteiger partial charge < -0.3 is 0 Å². The van der Waals surface area contributed by atoms with E-state index >= 15 is 0 Å². The molecule has 0 radical (unpaired) electrons. The lowest BCUT2D eigenvalue weighted by atomic mass is 9.90. The summed E-state index contributed by atoms with van der Waals surface area (Å²) in [5, 5.41) is 0. The highest BCUT2D eigenvalue weighted by Gasteiger charge is 2.20. The molecule has 0 bridgehead atoms. The van der Waals surface area contributed by atoms with Crippen molar-refractivity contribution in [3.05, 3.63) is 33.4 Å². The Labute approximate surface area is 109 Å². The predicted molar refractivity (Wildman–Crippen MR) is 71.8 cm³/mol. The first-order valence-corrected chi connectivity index (χ1v) is 6.22. The summed E-state index contributed by atoms with van der Waals surface area (Å²) in [6, 6.07) is 0. The maximum Gasteiger partial charge on any atom is 0.373 e. The molecule has 0 unspecified atom stereocenters. The van der Waals surface area contributed by atoms with Crippen molar-refractivity contribution in [2.24, 2.45) is 0 Å². The van der Waals surface area contributed by atoms with Crippen LogP contribution in [0.3, 0.4) is 0 Å². The molecule has 0 aliphatic carbocycles. The minimum absolute atomic E-state index is 0.137. The first-order chi connectivity index (χ1) is 8.27. The Hall–Kier alpha value is -1.35. The van der Waals surface area contributed by atoms with Crippen LogP contribution in [0.5, 0.6) is 0 Å². The second-order valence-electron chi connectivity index (χ2n) is 5.02. The number of carbonyl (C=O) groups is 1. The molecule has 0 saturated heterocycles. The van der Waals surface area contributed by atoms with Crippen LogP contribution in [0.2, 0.25) is 0 Å². The average Bonchev–Trinajstić information content (AvgIpc) is 2.31. The van der Waals surface area contributed by atoms with E-state index in [1.165, 1.54) is 5.56 Å². The molecule has 0 N–H and O–H groups in total. The van der Waals surface area contributed by atoms with Gasteiger partial charge in [-0.15, -0.1) is 0 Å². The first-order valence-electron chi connectivity index (χ1n) is 6.22. The summed E-state index contributed by atoms with van der Waals surface area (Å²) in [5.41, 5.74) is 6.05. The second kappa shape index (κ2) is 5.53. The standard InChI is InChI=1S/C15H22O3/c1-8(2)17-18-15(16)14-12(6)10(4)9(3)11(5)13(14)7/h8H,1-7H3. The van der Waals surface area contributed by atoms with Crippen molar-refractivity contribution in [2.75, 3.05) is 0 Å². The molecule has 0 spiro atoms. The Kier molecular flexibility index (Phi) is 4.52. The van der Waals surface area contributed by atoms with Crippen molar-refractivity contribution in [1.29, 1.82) is 0 Å². The van der Waals surface area contributed by atoms with Crippen LogP contribution in [0.25, 0.3) is 0 Å². The molecule has 0 atom stereocenters. The molecule has 0 fully saturated rings. The lowest BCUT2D eigenvalue weighted by molar-refractivity contribution is -0.265. The van der Waals surface area contributed by atoms with E-state index in [1.54, 1.807) is 0 Å². The van der Waals surface area contributed by atoms with Gasteiger partial charge in [0.15, 0.2) is 0 Å². The largest absolute Gasteiger partial charge is 0.373 e. The number of hydrogen-bond donors (Lipinski definition) is 0. The summed E-state index contributed by atoms with van der Waals surface area (Å²) in [4.78, 5) is 21.8. The molecule has 1 aromatic carbocycles. The van der Waals surface area contributed by atoms with Crippen molar-refractivity contribution in [3.8, 4) is 0 Å². The van der Waals surface area contributed by atoms with Gasteiger partial charge in [0.2, 0.25) is 0 Å². The molecule has 18 heavy (non-hydrogen) atoms.